The third-order valence-electron chi connectivity index (χ3n) is 4.53. The lowest BCUT2D eigenvalue weighted by molar-refractivity contribution is -0.142. The maximum atomic E-state index is 13.8. The van der Waals surface area contributed by atoms with E-state index in [1.807, 2.05) is 26.0 Å². The van der Waals surface area contributed by atoms with Crippen molar-refractivity contribution >= 4 is 11.8 Å². The van der Waals surface area contributed by atoms with E-state index >= 15 is 0 Å². The first kappa shape index (κ1) is 23.2. The number of para-hydroxylation sites is 1. The molecule has 0 aliphatic carbocycles. The monoisotopic (exact) mass is 416 g/mol. The van der Waals surface area contributed by atoms with Crippen LogP contribution in [0.2, 0.25) is 0 Å². The molecule has 162 valence electrons. The number of carbonyl (C=O) groups is 2. The zero-order chi connectivity index (χ0) is 22.1. The Balaban J connectivity index is 2.17. The minimum Gasteiger partial charge on any atom is -0.497 e. The first-order valence-corrected chi connectivity index (χ1v) is 9.89. The van der Waals surface area contributed by atoms with Crippen LogP contribution in [0.3, 0.4) is 0 Å². The topological polar surface area (TPSA) is 67.9 Å². The van der Waals surface area contributed by atoms with Gasteiger partial charge in [-0.15, -0.1) is 0 Å². The van der Waals surface area contributed by atoms with E-state index in [9.17, 15) is 14.0 Å². The Kier molecular flexibility index (Phi) is 8.65. The van der Waals surface area contributed by atoms with Crippen LogP contribution in [0.1, 0.15) is 26.3 Å². The second-order valence-corrected chi connectivity index (χ2v) is 7.41. The number of hydrogen-bond donors (Lipinski definition) is 1. The molecule has 2 aromatic rings. The van der Waals surface area contributed by atoms with Gasteiger partial charge in [-0.25, -0.2) is 4.39 Å². The predicted molar refractivity (Wildman–Crippen MR) is 113 cm³/mol. The van der Waals surface area contributed by atoms with Gasteiger partial charge in [0.15, 0.2) is 18.2 Å². The molecule has 0 aliphatic heterocycles. The number of nitrogens with zero attached hydrogens (tertiary/aromatic N) is 1. The minimum absolute atomic E-state index is 0.0101. The Labute approximate surface area is 177 Å². The summed E-state index contributed by atoms with van der Waals surface area (Å²) < 4.78 is 24.4. The minimum atomic E-state index is -0.730. The molecule has 0 saturated heterocycles. The lowest BCUT2D eigenvalue weighted by atomic mass is 10.1. The average molecular weight is 416 g/mol. The summed E-state index contributed by atoms with van der Waals surface area (Å²) in [6, 6.07) is 12.4. The Morgan fingerprint density at radius 2 is 1.83 bits per heavy atom. The molecule has 0 radical (unpaired) electrons. The molecule has 1 atom stereocenters. The van der Waals surface area contributed by atoms with E-state index in [4.69, 9.17) is 9.47 Å². The maximum absolute atomic E-state index is 13.8. The van der Waals surface area contributed by atoms with E-state index in [0.717, 1.165) is 5.56 Å². The normalized spacial score (nSPS) is 11.7. The molecular weight excluding hydrogens is 387 g/mol. The summed E-state index contributed by atoms with van der Waals surface area (Å²) in [5.74, 6) is -0.303. The second-order valence-electron chi connectivity index (χ2n) is 7.41. The summed E-state index contributed by atoms with van der Waals surface area (Å²) in [6.45, 7) is 5.96. The molecule has 6 nitrogen and oxygen atoms in total. The van der Waals surface area contributed by atoms with E-state index in [-0.39, 0.29) is 30.7 Å². The molecule has 2 amide bonds. The fraction of sp³-hybridized carbons (Fsp3) is 0.391. The summed E-state index contributed by atoms with van der Waals surface area (Å²) in [4.78, 5) is 27.0. The fourth-order valence-electron chi connectivity index (χ4n) is 2.79. The number of ether oxygens (including phenoxy) is 2. The number of rotatable bonds is 10. The highest BCUT2D eigenvalue weighted by Gasteiger charge is 2.27. The largest absolute Gasteiger partial charge is 0.497 e. The Morgan fingerprint density at radius 3 is 2.50 bits per heavy atom. The molecule has 0 heterocycles. The quantitative estimate of drug-likeness (QED) is 0.645. The van der Waals surface area contributed by atoms with E-state index in [2.05, 4.69) is 5.32 Å². The van der Waals surface area contributed by atoms with Crippen molar-refractivity contribution in [2.75, 3.05) is 20.3 Å². The highest BCUT2D eigenvalue weighted by atomic mass is 19.1. The van der Waals surface area contributed by atoms with E-state index in [0.29, 0.717) is 12.3 Å². The van der Waals surface area contributed by atoms with Crippen LogP contribution >= 0.6 is 0 Å². The van der Waals surface area contributed by atoms with E-state index < -0.39 is 17.8 Å². The molecule has 1 N–H and O–H groups in total. The van der Waals surface area contributed by atoms with E-state index in [1.165, 1.54) is 17.0 Å². The van der Waals surface area contributed by atoms with Crippen LogP contribution < -0.4 is 14.8 Å². The van der Waals surface area contributed by atoms with Crippen LogP contribution in [-0.2, 0) is 16.1 Å². The van der Waals surface area contributed by atoms with Crippen LogP contribution in [0, 0.1) is 11.7 Å². The van der Waals surface area contributed by atoms with Gasteiger partial charge in [-0.2, -0.15) is 0 Å². The van der Waals surface area contributed by atoms with Crippen LogP contribution in [-0.4, -0.2) is 43.0 Å². The van der Waals surface area contributed by atoms with Gasteiger partial charge >= 0.3 is 0 Å². The average Bonchev–Trinajstić information content (AvgIpc) is 2.74. The second kappa shape index (κ2) is 11.2. The molecule has 30 heavy (non-hydrogen) atoms. The highest BCUT2D eigenvalue weighted by molar-refractivity contribution is 5.88. The molecule has 0 unspecified atom stereocenters. The van der Waals surface area contributed by atoms with Gasteiger partial charge in [0.2, 0.25) is 5.91 Å². The summed E-state index contributed by atoms with van der Waals surface area (Å²) in [6.07, 6.45) is 0. The molecule has 0 aromatic heterocycles. The number of hydrogen-bond acceptors (Lipinski definition) is 4. The summed E-state index contributed by atoms with van der Waals surface area (Å²) >= 11 is 0. The predicted octanol–water partition coefficient (Wildman–Crippen LogP) is 3.40. The van der Waals surface area contributed by atoms with Gasteiger partial charge in [-0.05, 0) is 42.7 Å². The number of halogens is 1. The number of benzene rings is 2. The van der Waals surface area contributed by atoms with Gasteiger partial charge in [0.25, 0.3) is 5.91 Å². The van der Waals surface area contributed by atoms with Crippen molar-refractivity contribution in [3.05, 3.63) is 59.9 Å². The van der Waals surface area contributed by atoms with E-state index in [1.54, 1.807) is 38.3 Å². The van der Waals surface area contributed by atoms with Crippen LogP contribution in [0.4, 0.5) is 4.39 Å². The van der Waals surface area contributed by atoms with Crippen molar-refractivity contribution in [1.82, 2.24) is 10.2 Å². The van der Waals surface area contributed by atoms with Gasteiger partial charge in [0.05, 0.1) is 7.11 Å². The van der Waals surface area contributed by atoms with Crippen molar-refractivity contribution in [1.29, 1.82) is 0 Å². The SMILES string of the molecule is COc1cccc(CN(C(=O)COc2ccccc2F)[C@@H](C)C(=O)NCC(C)C)c1. The molecule has 7 heteroatoms. The van der Waals surface area contributed by atoms with Crippen molar-refractivity contribution < 1.29 is 23.5 Å². The van der Waals surface area contributed by atoms with Crippen LogP contribution in [0.25, 0.3) is 0 Å². The lowest BCUT2D eigenvalue weighted by Gasteiger charge is -2.29. The zero-order valence-corrected chi connectivity index (χ0v) is 17.9. The number of nitrogens with one attached hydrogen (secondary N) is 1. The standard InChI is InChI=1S/C23H29FN2O4/c1-16(2)13-25-23(28)17(3)26(14-18-8-7-9-19(12-18)29-4)22(27)15-30-21-11-6-5-10-20(21)24/h5-12,16-17H,13-15H2,1-4H3,(H,25,28)/t17-/m0/s1. The zero-order valence-electron chi connectivity index (χ0n) is 17.9. The van der Waals surface area contributed by atoms with Crippen LogP contribution in [0.5, 0.6) is 11.5 Å². The Morgan fingerprint density at radius 1 is 1.10 bits per heavy atom. The number of methoxy groups -OCH3 is 1. The Hall–Kier alpha value is -3.09. The molecule has 0 fully saturated rings. The van der Waals surface area contributed by atoms with Crippen molar-refractivity contribution in [2.45, 2.75) is 33.4 Å². The number of amides is 2. The third kappa shape index (κ3) is 6.76. The van der Waals surface area contributed by atoms with Crippen LogP contribution in [0.15, 0.2) is 48.5 Å². The maximum Gasteiger partial charge on any atom is 0.261 e. The van der Waals surface area contributed by atoms with Crippen molar-refractivity contribution in [3.8, 4) is 11.5 Å². The summed E-state index contributed by atoms with van der Waals surface area (Å²) in [7, 11) is 1.56. The summed E-state index contributed by atoms with van der Waals surface area (Å²) in [5, 5.41) is 2.85. The fourth-order valence-corrected chi connectivity index (χ4v) is 2.79. The Bertz CT molecular complexity index is 857. The molecule has 0 aliphatic rings. The van der Waals surface area contributed by atoms with Gasteiger partial charge in [0.1, 0.15) is 11.8 Å². The first-order chi connectivity index (χ1) is 14.3. The van der Waals surface area contributed by atoms with Crippen molar-refractivity contribution in [2.24, 2.45) is 5.92 Å². The van der Waals surface area contributed by atoms with Gasteiger partial charge in [0, 0.05) is 13.1 Å². The molecular formula is C23H29FN2O4. The highest BCUT2D eigenvalue weighted by Crippen LogP contribution is 2.18. The molecule has 0 bridgehead atoms. The van der Waals surface area contributed by atoms with Crippen molar-refractivity contribution in [3.63, 3.8) is 0 Å². The lowest BCUT2D eigenvalue weighted by Crippen LogP contribution is -2.49. The third-order valence-corrected chi connectivity index (χ3v) is 4.53. The molecule has 0 saturated carbocycles. The molecule has 2 aromatic carbocycles. The van der Waals surface area contributed by atoms with Gasteiger partial charge in [-0.3, -0.25) is 9.59 Å². The molecule has 0 spiro atoms. The van der Waals surface area contributed by atoms with Gasteiger partial charge < -0.3 is 19.7 Å². The molecule has 2 rings (SSSR count). The van der Waals surface area contributed by atoms with Gasteiger partial charge in [-0.1, -0.05) is 38.1 Å². The summed E-state index contributed by atoms with van der Waals surface area (Å²) in [5.41, 5.74) is 0.803. The first-order valence-electron chi connectivity index (χ1n) is 9.89. The smallest absolute Gasteiger partial charge is 0.261 e. The number of carbonyl (C=O) groups excluding carboxylic acids is 2.